The second-order valence-corrected chi connectivity index (χ2v) is 7.85. The number of aromatic nitrogens is 5. The van der Waals surface area contributed by atoms with E-state index in [9.17, 15) is 4.79 Å². The van der Waals surface area contributed by atoms with E-state index in [2.05, 4.69) is 20.3 Å². The summed E-state index contributed by atoms with van der Waals surface area (Å²) in [6, 6.07) is 1.90. The number of carbonyl (C=O) groups is 1. The van der Waals surface area contributed by atoms with E-state index in [1.54, 1.807) is 10.9 Å². The van der Waals surface area contributed by atoms with Crippen molar-refractivity contribution in [1.82, 2.24) is 25.0 Å². The second-order valence-electron chi connectivity index (χ2n) is 7.51. The first kappa shape index (κ1) is 17.4. The number of carbonyl (C=O) groups excluding carboxylic acids is 1. The van der Waals surface area contributed by atoms with E-state index in [4.69, 9.17) is 17.3 Å². The fraction of sp³-hybridized carbons (Fsp3) is 0.611. The molecule has 2 fully saturated rings. The number of nitrogens with zero attached hydrogens (tertiary/aromatic N) is 5. The van der Waals surface area contributed by atoms with Gasteiger partial charge in [0, 0.05) is 24.0 Å². The normalized spacial score (nSPS) is 20.7. The minimum atomic E-state index is -0.666. The highest BCUT2D eigenvalue weighted by Gasteiger charge is 2.52. The number of primary amides is 1. The third kappa shape index (κ3) is 3.32. The molecule has 2 aromatic heterocycles. The van der Waals surface area contributed by atoms with Gasteiger partial charge in [-0.05, 0) is 55.7 Å². The molecule has 0 saturated heterocycles. The Hall–Kier alpha value is -2.02. The average molecular weight is 375 g/mol. The van der Waals surface area contributed by atoms with Crippen LogP contribution < -0.4 is 5.73 Å². The van der Waals surface area contributed by atoms with Crippen LogP contribution in [0.15, 0.2) is 18.5 Å². The molecule has 0 unspecified atom stereocenters. The van der Waals surface area contributed by atoms with Crippen molar-refractivity contribution in [3.05, 3.63) is 35.1 Å². The maximum atomic E-state index is 11.8. The Morgan fingerprint density at radius 2 is 2.12 bits per heavy atom. The standard InChI is InChI=1S/C18H23ClN6O/c19-17-21-9-6-13(22-17)10-14(12-4-2-1-3-5-12)15-11-25(24-23-15)18(7-8-18)16(20)26/h6,9,11-12,14H,1-5,7-8,10H2,(H2,20,26)/t14-/m0/s1. The molecular weight excluding hydrogens is 352 g/mol. The summed E-state index contributed by atoms with van der Waals surface area (Å²) in [6.07, 6.45) is 12.0. The molecule has 1 amide bonds. The van der Waals surface area contributed by atoms with Gasteiger partial charge in [0.25, 0.3) is 0 Å². The summed E-state index contributed by atoms with van der Waals surface area (Å²) in [4.78, 5) is 20.1. The molecule has 7 nitrogen and oxygen atoms in total. The Balaban J connectivity index is 1.62. The van der Waals surface area contributed by atoms with Gasteiger partial charge in [0.15, 0.2) is 0 Å². The third-order valence-corrected chi connectivity index (χ3v) is 6.03. The van der Waals surface area contributed by atoms with Gasteiger partial charge in [-0.1, -0.05) is 24.5 Å². The zero-order valence-electron chi connectivity index (χ0n) is 14.6. The summed E-state index contributed by atoms with van der Waals surface area (Å²) >= 11 is 5.96. The van der Waals surface area contributed by atoms with Gasteiger partial charge in [-0.15, -0.1) is 5.10 Å². The minimum Gasteiger partial charge on any atom is -0.368 e. The molecule has 2 aliphatic rings. The van der Waals surface area contributed by atoms with Crippen LogP contribution in [0, 0.1) is 5.92 Å². The van der Waals surface area contributed by atoms with Crippen LogP contribution in [0.25, 0.3) is 0 Å². The molecule has 4 rings (SSSR count). The molecule has 26 heavy (non-hydrogen) atoms. The molecular formula is C18H23ClN6O. The fourth-order valence-electron chi connectivity index (χ4n) is 4.12. The summed E-state index contributed by atoms with van der Waals surface area (Å²) in [5, 5.41) is 8.94. The zero-order chi connectivity index (χ0) is 18.1. The highest BCUT2D eigenvalue weighted by atomic mass is 35.5. The van der Waals surface area contributed by atoms with Crippen LogP contribution >= 0.6 is 11.6 Å². The Morgan fingerprint density at radius 3 is 2.77 bits per heavy atom. The molecule has 0 bridgehead atoms. The van der Waals surface area contributed by atoms with E-state index in [0.29, 0.717) is 5.92 Å². The Labute approximate surface area is 157 Å². The zero-order valence-corrected chi connectivity index (χ0v) is 15.4. The lowest BCUT2D eigenvalue weighted by atomic mass is 9.76. The van der Waals surface area contributed by atoms with Gasteiger partial charge in [-0.2, -0.15) is 0 Å². The first-order valence-corrected chi connectivity index (χ1v) is 9.66. The molecule has 2 saturated carbocycles. The summed E-state index contributed by atoms with van der Waals surface area (Å²) in [7, 11) is 0. The predicted molar refractivity (Wildman–Crippen MR) is 96.5 cm³/mol. The van der Waals surface area contributed by atoms with Gasteiger partial charge in [0.1, 0.15) is 5.54 Å². The number of hydrogen-bond acceptors (Lipinski definition) is 5. The molecule has 1 atom stereocenters. The van der Waals surface area contributed by atoms with Crippen molar-refractivity contribution in [3.8, 4) is 0 Å². The van der Waals surface area contributed by atoms with Crippen LogP contribution in [0.1, 0.15) is 62.3 Å². The summed E-state index contributed by atoms with van der Waals surface area (Å²) in [6.45, 7) is 0. The second kappa shape index (κ2) is 6.95. The molecule has 0 radical (unpaired) electrons. The molecule has 2 heterocycles. The molecule has 2 aromatic rings. The fourth-order valence-corrected chi connectivity index (χ4v) is 4.29. The number of amides is 1. The molecule has 0 aliphatic heterocycles. The average Bonchev–Trinajstić information content (AvgIpc) is 3.32. The first-order chi connectivity index (χ1) is 12.6. The van der Waals surface area contributed by atoms with E-state index in [0.717, 1.165) is 30.7 Å². The molecule has 2 N–H and O–H groups in total. The van der Waals surface area contributed by atoms with Crippen LogP contribution in [0.2, 0.25) is 5.28 Å². The van der Waals surface area contributed by atoms with Gasteiger partial charge in [0.2, 0.25) is 11.2 Å². The van der Waals surface area contributed by atoms with Crippen molar-refractivity contribution in [2.24, 2.45) is 11.7 Å². The lowest BCUT2D eigenvalue weighted by Gasteiger charge is -2.28. The number of halogens is 1. The summed E-state index contributed by atoms with van der Waals surface area (Å²) in [5.41, 5.74) is 6.73. The number of hydrogen-bond donors (Lipinski definition) is 1. The minimum absolute atomic E-state index is 0.207. The number of nitrogens with two attached hydrogens (primary N) is 1. The molecule has 138 valence electrons. The van der Waals surface area contributed by atoms with Gasteiger partial charge in [-0.3, -0.25) is 4.79 Å². The van der Waals surface area contributed by atoms with E-state index in [1.807, 2.05) is 12.3 Å². The molecule has 0 spiro atoms. The Morgan fingerprint density at radius 1 is 1.35 bits per heavy atom. The van der Waals surface area contributed by atoms with Crippen molar-refractivity contribution in [3.63, 3.8) is 0 Å². The van der Waals surface area contributed by atoms with Crippen LogP contribution in [0.5, 0.6) is 0 Å². The largest absolute Gasteiger partial charge is 0.368 e. The monoisotopic (exact) mass is 374 g/mol. The Bertz CT molecular complexity index is 796. The molecule has 2 aliphatic carbocycles. The number of rotatable bonds is 6. The van der Waals surface area contributed by atoms with Crippen molar-refractivity contribution in [2.75, 3.05) is 0 Å². The topological polar surface area (TPSA) is 99.6 Å². The quantitative estimate of drug-likeness (QED) is 0.783. The maximum absolute atomic E-state index is 11.8. The van der Waals surface area contributed by atoms with Crippen molar-refractivity contribution in [1.29, 1.82) is 0 Å². The Kier molecular flexibility index (Phi) is 4.65. The SMILES string of the molecule is NC(=O)C1(n2cc([C@@H](Cc3ccnc(Cl)n3)C3CCCCC3)nn2)CC1. The van der Waals surface area contributed by atoms with E-state index >= 15 is 0 Å². The first-order valence-electron chi connectivity index (χ1n) is 9.28. The summed E-state index contributed by atoms with van der Waals surface area (Å²) < 4.78 is 1.67. The van der Waals surface area contributed by atoms with Gasteiger partial charge >= 0.3 is 0 Å². The van der Waals surface area contributed by atoms with Crippen molar-refractivity contribution in [2.45, 2.75) is 62.8 Å². The van der Waals surface area contributed by atoms with Gasteiger partial charge in [0.05, 0.1) is 5.69 Å². The van der Waals surface area contributed by atoms with Crippen molar-refractivity contribution >= 4 is 17.5 Å². The van der Waals surface area contributed by atoms with E-state index < -0.39 is 5.54 Å². The van der Waals surface area contributed by atoms with Crippen LogP contribution in [-0.2, 0) is 16.8 Å². The van der Waals surface area contributed by atoms with Gasteiger partial charge < -0.3 is 5.73 Å². The predicted octanol–water partition coefficient (Wildman–Crippen LogP) is 2.60. The highest BCUT2D eigenvalue weighted by Crippen LogP contribution is 2.44. The maximum Gasteiger partial charge on any atom is 0.245 e. The molecule has 0 aromatic carbocycles. The van der Waals surface area contributed by atoms with E-state index in [1.165, 1.54) is 32.1 Å². The van der Waals surface area contributed by atoms with E-state index in [-0.39, 0.29) is 17.1 Å². The lowest BCUT2D eigenvalue weighted by molar-refractivity contribution is -0.122. The molecule has 8 heteroatoms. The van der Waals surface area contributed by atoms with Crippen LogP contribution in [-0.4, -0.2) is 30.9 Å². The lowest BCUT2D eigenvalue weighted by Crippen LogP contribution is -2.34. The smallest absolute Gasteiger partial charge is 0.245 e. The van der Waals surface area contributed by atoms with Crippen LogP contribution in [0.4, 0.5) is 0 Å². The highest BCUT2D eigenvalue weighted by molar-refractivity contribution is 6.28. The van der Waals surface area contributed by atoms with Gasteiger partial charge in [-0.25, -0.2) is 14.6 Å². The van der Waals surface area contributed by atoms with Crippen molar-refractivity contribution < 1.29 is 4.79 Å². The third-order valence-electron chi connectivity index (χ3n) is 5.84. The van der Waals surface area contributed by atoms with Crippen LogP contribution in [0.3, 0.4) is 0 Å². The summed E-state index contributed by atoms with van der Waals surface area (Å²) in [5.74, 6) is 0.413.